The van der Waals surface area contributed by atoms with Crippen molar-refractivity contribution in [1.82, 2.24) is 0 Å². The van der Waals surface area contributed by atoms with E-state index in [9.17, 15) is 17.6 Å². The summed E-state index contributed by atoms with van der Waals surface area (Å²) in [6.45, 7) is 0. The number of aromatic carboxylic acids is 1. The Morgan fingerprint density at radius 2 is 1.86 bits per heavy atom. The highest BCUT2D eigenvalue weighted by atomic mass is 32.2. The van der Waals surface area contributed by atoms with E-state index in [4.69, 9.17) is 9.84 Å². The maximum Gasteiger partial charge on any atom is 0.339 e. The fourth-order valence-electron chi connectivity index (χ4n) is 1.67. The van der Waals surface area contributed by atoms with Gasteiger partial charge in [-0.1, -0.05) is 12.1 Å². The summed E-state index contributed by atoms with van der Waals surface area (Å²) in [5, 5.41) is 9.01. The van der Waals surface area contributed by atoms with Crippen molar-refractivity contribution in [2.45, 2.75) is 4.90 Å². The van der Waals surface area contributed by atoms with Crippen LogP contribution in [0.5, 0.6) is 11.5 Å². The molecule has 21 heavy (non-hydrogen) atoms. The van der Waals surface area contributed by atoms with E-state index in [0.717, 1.165) is 12.3 Å². The Kier molecular flexibility index (Phi) is 3.95. The number of sulfone groups is 1. The largest absolute Gasteiger partial charge is 0.478 e. The molecule has 2 rings (SSSR count). The molecule has 0 atom stereocenters. The van der Waals surface area contributed by atoms with Crippen LogP contribution in [0.1, 0.15) is 10.4 Å². The van der Waals surface area contributed by atoms with Gasteiger partial charge in [0.15, 0.2) is 21.4 Å². The highest BCUT2D eigenvalue weighted by Gasteiger charge is 2.17. The van der Waals surface area contributed by atoms with Crippen LogP contribution in [-0.4, -0.2) is 25.7 Å². The van der Waals surface area contributed by atoms with Crippen LogP contribution in [0.25, 0.3) is 0 Å². The topological polar surface area (TPSA) is 80.7 Å². The van der Waals surface area contributed by atoms with E-state index in [0.29, 0.717) is 0 Å². The van der Waals surface area contributed by atoms with Gasteiger partial charge in [-0.15, -0.1) is 0 Å². The first-order chi connectivity index (χ1) is 9.79. The highest BCUT2D eigenvalue weighted by molar-refractivity contribution is 7.90. The van der Waals surface area contributed by atoms with Crippen LogP contribution in [0.3, 0.4) is 0 Å². The molecule has 0 aliphatic rings. The fourth-order valence-corrected chi connectivity index (χ4v) is 2.32. The van der Waals surface area contributed by atoms with Crippen LogP contribution >= 0.6 is 0 Å². The predicted molar refractivity (Wildman–Crippen MR) is 73.0 cm³/mol. The van der Waals surface area contributed by atoms with Crippen LogP contribution in [0.15, 0.2) is 47.4 Å². The number of rotatable bonds is 4. The number of benzene rings is 2. The SMILES string of the molecule is CS(=O)(=O)c1cccc(Oc2c(F)cccc2C(=O)O)c1. The summed E-state index contributed by atoms with van der Waals surface area (Å²) in [7, 11) is -3.44. The summed E-state index contributed by atoms with van der Waals surface area (Å²) in [6.07, 6.45) is 1.03. The smallest absolute Gasteiger partial charge is 0.339 e. The normalized spacial score (nSPS) is 11.1. The second-order valence-corrected chi connectivity index (χ2v) is 6.29. The van der Waals surface area contributed by atoms with E-state index < -0.39 is 27.4 Å². The molecular formula is C14H11FO5S. The first-order valence-corrected chi connectivity index (χ1v) is 7.68. The van der Waals surface area contributed by atoms with Crippen molar-refractivity contribution in [1.29, 1.82) is 0 Å². The molecule has 7 heteroatoms. The Balaban J connectivity index is 2.46. The van der Waals surface area contributed by atoms with Crippen molar-refractivity contribution in [2.75, 3.05) is 6.26 Å². The van der Waals surface area contributed by atoms with Gasteiger partial charge < -0.3 is 9.84 Å². The van der Waals surface area contributed by atoms with Crippen LogP contribution < -0.4 is 4.74 Å². The van der Waals surface area contributed by atoms with Crippen molar-refractivity contribution in [3.8, 4) is 11.5 Å². The minimum absolute atomic E-state index is 0.00628. The molecule has 0 fully saturated rings. The second-order valence-electron chi connectivity index (χ2n) is 4.27. The van der Waals surface area contributed by atoms with Crippen molar-refractivity contribution < 1.29 is 27.4 Å². The standard InChI is InChI=1S/C14H11FO5S/c1-21(18,19)10-5-2-4-9(8-10)20-13-11(14(16)17)6-3-7-12(13)15/h2-8H,1H3,(H,16,17). The Morgan fingerprint density at radius 1 is 1.19 bits per heavy atom. The monoisotopic (exact) mass is 310 g/mol. The lowest BCUT2D eigenvalue weighted by molar-refractivity contribution is 0.0693. The zero-order valence-electron chi connectivity index (χ0n) is 10.9. The minimum Gasteiger partial charge on any atom is -0.478 e. The number of carboxylic acids is 1. The van der Waals surface area contributed by atoms with Gasteiger partial charge >= 0.3 is 5.97 Å². The summed E-state index contributed by atoms with van der Waals surface area (Å²) in [6, 6.07) is 8.90. The van der Waals surface area contributed by atoms with E-state index in [1.165, 1.54) is 36.4 Å². The quantitative estimate of drug-likeness (QED) is 0.939. The maximum atomic E-state index is 13.7. The summed E-state index contributed by atoms with van der Waals surface area (Å²) in [5.74, 6) is -2.62. The maximum absolute atomic E-state index is 13.7. The molecule has 2 aromatic carbocycles. The summed E-state index contributed by atoms with van der Waals surface area (Å²) < 4.78 is 41.9. The molecule has 0 saturated heterocycles. The van der Waals surface area contributed by atoms with Gasteiger partial charge in [0.25, 0.3) is 0 Å². The Labute approximate surface area is 120 Å². The van der Waals surface area contributed by atoms with Gasteiger partial charge in [-0.2, -0.15) is 0 Å². The highest BCUT2D eigenvalue weighted by Crippen LogP contribution is 2.29. The zero-order valence-corrected chi connectivity index (χ0v) is 11.7. The molecule has 0 aromatic heterocycles. The van der Waals surface area contributed by atoms with Crippen LogP contribution in [-0.2, 0) is 9.84 Å². The molecule has 0 aliphatic carbocycles. The molecule has 2 aromatic rings. The van der Waals surface area contributed by atoms with E-state index in [-0.39, 0.29) is 16.2 Å². The van der Waals surface area contributed by atoms with E-state index >= 15 is 0 Å². The molecule has 5 nitrogen and oxygen atoms in total. The molecule has 110 valence electrons. The predicted octanol–water partition coefficient (Wildman–Crippen LogP) is 2.72. The third-order valence-electron chi connectivity index (χ3n) is 2.65. The average molecular weight is 310 g/mol. The minimum atomic E-state index is -3.44. The van der Waals surface area contributed by atoms with Gasteiger partial charge in [-0.05, 0) is 30.3 Å². The third kappa shape index (κ3) is 3.38. The fraction of sp³-hybridized carbons (Fsp3) is 0.0714. The van der Waals surface area contributed by atoms with E-state index in [1.54, 1.807) is 0 Å². The van der Waals surface area contributed by atoms with Crippen LogP contribution in [0.2, 0.25) is 0 Å². The summed E-state index contributed by atoms with van der Waals surface area (Å²) >= 11 is 0. The molecule has 0 heterocycles. The number of carbonyl (C=O) groups is 1. The molecule has 0 radical (unpaired) electrons. The van der Waals surface area contributed by atoms with Crippen LogP contribution in [0, 0.1) is 5.82 Å². The molecule has 0 amide bonds. The van der Waals surface area contributed by atoms with Gasteiger partial charge in [0.2, 0.25) is 0 Å². The average Bonchev–Trinajstić information content (AvgIpc) is 2.40. The molecule has 0 aliphatic heterocycles. The molecular weight excluding hydrogens is 299 g/mol. The van der Waals surface area contributed by atoms with Crippen LogP contribution in [0.4, 0.5) is 4.39 Å². The molecule has 0 bridgehead atoms. The molecule has 1 N–H and O–H groups in total. The second kappa shape index (κ2) is 5.53. The van der Waals surface area contributed by atoms with Crippen molar-refractivity contribution in [3.05, 3.63) is 53.8 Å². The van der Waals surface area contributed by atoms with Crippen molar-refractivity contribution >= 4 is 15.8 Å². The van der Waals surface area contributed by atoms with Gasteiger partial charge in [0.05, 0.1) is 4.90 Å². The Bertz CT molecular complexity index is 799. The molecule has 0 unspecified atom stereocenters. The lowest BCUT2D eigenvalue weighted by atomic mass is 10.2. The number of carboxylic acid groups (broad SMARTS) is 1. The molecule has 0 spiro atoms. The van der Waals surface area contributed by atoms with E-state index in [2.05, 4.69) is 0 Å². The van der Waals surface area contributed by atoms with E-state index in [1.807, 2.05) is 0 Å². The van der Waals surface area contributed by atoms with Gasteiger partial charge in [0.1, 0.15) is 11.3 Å². The van der Waals surface area contributed by atoms with Gasteiger partial charge in [0, 0.05) is 6.26 Å². The van der Waals surface area contributed by atoms with Gasteiger partial charge in [-0.3, -0.25) is 0 Å². The zero-order chi connectivity index (χ0) is 15.6. The van der Waals surface area contributed by atoms with Gasteiger partial charge in [-0.25, -0.2) is 17.6 Å². The van der Waals surface area contributed by atoms with Crippen molar-refractivity contribution in [3.63, 3.8) is 0 Å². The third-order valence-corrected chi connectivity index (χ3v) is 3.76. The Morgan fingerprint density at radius 3 is 2.48 bits per heavy atom. The number of hydrogen-bond donors (Lipinski definition) is 1. The molecule has 0 saturated carbocycles. The lowest BCUT2D eigenvalue weighted by Crippen LogP contribution is -2.02. The Hall–Kier alpha value is -2.41. The number of halogens is 1. The first kappa shape index (κ1) is 15.0. The summed E-state index contributed by atoms with van der Waals surface area (Å²) in [5.41, 5.74) is -0.347. The summed E-state index contributed by atoms with van der Waals surface area (Å²) in [4.78, 5) is 11.0. The van der Waals surface area contributed by atoms with Crippen molar-refractivity contribution in [2.24, 2.45) is 0 Å². The number of ether oxygens (including phenoxy) is 1. The first-order valence-electron chi connectivity index (χ1n) is 5.79. The number of para-hydroxylation sites is 1. The number of hydrogen-bond acceptors (Lipinski definition) is 4. The lowest BCUT2D eigenvalue weighted by Gasteiger charge is -2.10.